The number of sulfonamides is 1. The minimum Gasteiger partial charge on any atom is -0.497 e. The number of amides is 1. The van der Waals surface area contributed by atoms with E-state index in [1.165, 1.54) is 22.8 Å². The predicted molar refractivity (Wildman–Crippen MR) is 114 cm³/mol. The van der Waals surface area contributed by atoms with Gasteiger partial charge in [-0.1, -0.05) is 5.16 Å². The summed E-state index contributed by atoms with van der Waals surface area (Å²) in [4.78, 5) is 22.6. The highest BCUT2D eigenvalue weighted by Crippen LogP contribution is 2.20. The van der Waals surface area contributed by atoms with Crippen LogP contribution in [0, 0.1) is 0 Å². The molecule has 0 bridgehead atoms. The van der Waals surface area contributed by atoms with E-state index in [4.69, 9.17) is 9.26 Å². The van der Waals surface area contributed by atoms with Crippen LogP contribution in [0.1, 0.15) is 12.3 Å². The number of aromatic nitrogens is 3. The van der Waals surface area contributed by atoms with Crippen molar-refractivity contribution in [3.05, 3.63) is 54.7 Å². The van der Waals surface area contributed by atoms with Crippen LogP contribution in [0.4, 0.5) is 0 Å². The summed E-state index contributed by atoms with van der Waals surface area (Å²) in [5, 5.41) is 3.97. The Labute approximate surface area is 185 Å². The van der Waals surface area contributed by atoms with Crippen molar-refractivity contribution >= 4 is 15.9 Å². The number of hydrogen-bond donors (Lipinski definition) is 0. The highest BCUT2D eigenvalue weighted by atomic mass is 32.2. The van der Waals surface area contributed by atoms with E-state index in [-0.39, 0.29) is 30.3 Å². The number of rotatable bonds is 7. The first kappa shape index (κ1) is 21.9. The van der Waals surface area contributed by atoms with E-state index in [9.17, 15) is 13.2 Å². The summed E-state index contributed by atoms with van der Waals surface area (Å²) in [6.07, 6.45) is 3.38. The van der Waals surface area contributed by atoms with Crippen molar-refractivity contribution in [2.45, 2.75) is 17.7 Å². The molecule has 1 aromatic carbocycles. The third-order valence-electron chi connectivity index (χ3n) is 5.23. The van der Waals surface area contributed by atoms with Gasteiger partial charge >= 0.3 is 0 Å². The third kappa shape index (κ3) is 4.78. The molecule has 0 N–H and O–H groups in total. The Morgan fingerprint density at radius 1 is 1.12 bits per heavy atom. The molecule has 3 heterocycles. The maximum absolute atomic E-state index is 12.7. The molecule has 0 radical (unpaired) electrons. The van der Waals surface area contributed by atoms with Crippen LogP contribution in [0.15, 0.2) is 58.2 Å². The van der Waals surface area contributed by atoms with Gasteiger partial charge in [0.15, 0.2) is 0 Å². The van der Waals surface area contributed by atoms with Crippen LogP contribution in [-0.4, -0.2) is 71.9 Å². The van der Waals surface area contributed by atoms with Gasteiger partial charge in [-0.3, -0.25) is 9.78 Å². The van der Waals surface area contributed by atoms with Gasteiger partial charge in [0, 0.05) is 57.0 Å². The molecule has 1 saturated heterocycles. The Morgan fingerprint density at radius 2 is 1.88 bits per heavy atom. The summed E-state index contributed by atoms with van der Waals surface area (Å²) in [7, 11) is -2.01. The minimum atomic E-state index is -3.60. The number of pyridine rings is 1. The smallest absolute Gasteiger partial charge is 0.244 e. The molecule has 0 spiro atoms. The van der Waals surface area contributed by atoms with Gasteiger partial charge in [-0.15, -0.1) is 0 Å². The average Bonchev–Trinajstić information content (AvgIpc) is 3.32. The zero-order valence-electron chi connectivity index (χ0n) is 17.5. The topological polar surface area (TPSA) is 119 Å². The third-order valence-corrected chi connectivity index (χ3v) is 7.11. The monoisotopic (exact) mass is 457 g/mol. The molecular weight excluding hydrogens is 434 g/mol. The summed E-state index contributed by atoms with van der Waals surface area (Å²) in [6.45, 7) is 1.15. The average molecular weight is 458 g/mol. The molecule has 0 aliphatic carbocycles. The first-order valence-corrected chi connectivity index (χ1v) is 11.6. The van der Waals surface area contributed by atoms with E-state index in [0.717, 1.165) is 11.3 Å². The van der Waals surface area contributed by atoms with Gasteiger partial charge in [0.2, 0.25) is 27.6 Å². The molecule has 1 aliphatic rings. The first-order chi connectivity index (χ1) is 15.5. The molecule has 32 heavy (non-hydrogen) atoms. The number of benzene rings is 1. The van der Waals surface area contributed by atoms with Crippen molar-refractivity contribution in [2.75, 3.05) is 33.3 Å². The highest BCUT2D eigenvalue weighted by molar-refractivity contribution is 7.89. The molecule has 0 saturated carbocycles. The van der Waals surface area contributed by atoms with E-state index in [1.54, 1.807) is 18.1 Å². The Balaban J connectivity index is 1.29. The minimum absolute atomic E-state index is 0.0763. The Hall–Kier alpha value is -3.31. The SMILES string of the molecule is COc1ccc(-c2noc(CCC(=O)N3CCN(S(=O)(=O)c4cccnc4)CC3)n2)cc1. The Kier molecular flexibility index (Phi) is 6.47. The number of ether oxygens (including phenoxy) is 1. The molecular formula is C21H23N5O5S. The number of nitrogens with zero attached hydrogens (tertiary/aromatic N) is 5. The predicted octanol–water partition coefficient (Wildman–Crippen LogP) is 1.61. The second-order valence-corrected chi connectivity index (χ2v) is 9.15. The fraction of sp³-hybridized carbons (Fsp3) is 0.333. The lowest BCUT2D eigenvalue weighted by atomic mass is 10.2. The van der Waals surface area contributed by atoms with Crippen LogP contribution in [-0.2, 0) is 21.2 Å². The molecule has 3 aromatic rings. The number of piperazine rings is 1. The number of methoxy groups -OCH3 is 1. The summed E-state index contributed by atoms with van der Waals surface area (Å²) in [5.74, 6) is 1.48. The van der Waals surface area contributed by atoms with Crippen molar-refractivity contribution in [2.24, 2.45) is 0 Å². The van der Waals surface area contributed by atoms with Gasteiger partial charge in [-0.25, -0.2) is 8.42 Å². The van der Waals surface area contributed by atoms with Gasteiger partial charge in [0.1, 0.15) is 10.6 Å². The molecule has 1 fully saturated rings. The molecule has 4 rings (SSSR count). The van der Waals surface area contributed by atoms with E-state index < -0.39 is 10.0 Å². The molecule has 1 aliphatic heterocycles. The van der Waals surface area contributed by atoms with Crippen LogP contribution in [0.2, 0.25) is 0 Å². The normalized spacial score (nSPS) is 15.0. The lowest BCUT2D eigenvalue weighted by molar-refractivity contribution is -0.132. The lowest BCUT2D eigenvalue weighted by Crippen LogP contribution is -2.50. The second kappa shape index (κ2) is 9.45. The second-order valence-electron chi connectivity index (χ2n) is 7.21. The van der Waals surface area contributed by atoms with Crippen LogP contribution in [0.3, 0.4) is 0 Å². The van der Waals surface area contributed by atoms with Crippen molar-refractivity contribution in [3.8, 4) is 17.1 Å². The molecule has 10 nitrogen and oxygen atoms in total. The zero-order valence-corrected chi connectivity index (χ0v) is 18.4. The standard InChI is InChI=1S/C21H23N5O5S/c1-30-17-6-4-16(5-7-17)21-23-19(31-24-21)8-9-20(27)25-11-13-26(14-12-25)32(28,29)18-3-2-10-22-15-18/h2-7,10,15H,8-9,11-14H2,1H3. The van der Waals surface area contributed by atoms with Gasteiger partial charge in [0.25, 0.3) is 0 Å². The summed E-state index contributed by atoms with van der Waals surface area (Å²) in [5.41, 5.74) is 0.790. The molecule has 1 amide bonds. The Bertz CT molecular complexity index is 1160. The number of aryl methyl sites for hydroxylation is 1. The van der Waals surface area contributed by atoms with E-state index in [0.29, 0.717) is 31.2 Å². The number of carbonyl (C=O) groups is 1. The summed E-state index contributed by atoms with van der Waals surface area (Å²) < 4.78 is 37.1. The highest BCUT2D eigenvalue weighted by Gasteiger charge is 2.30. The fourth-order valence-electron chi connectivity index (χ4n) is 3.41. The molecule has 0 atom stereocenters. The quantitative estimate of drug-likeness (QED) is 0.525. The van der Waals surface area contributed by atoms with E-state index >= 15 is 0 Å². The summed E-state index contributed by atoms with van der Waals surface area (Å²) >= 11 is 0. The molecule has 2 aromatic heterocycles. The lowest BCUT2D eigenvalue weighted by Gasteiger charge is -2.34. The van der Waals surface area contributed by atoms with Gasteiger partial charge in [-0.05, 0) is 36.4 Å². The van der Waals surface area contributed by atoms with Crippen LogP contribution in [0.5, 0.6) is 5.75 Å². The fourth-order valence-corrected chi connectivity index (χ4v) is 4.80. The van der Waals surface area contributed by atoms with Crippen molar-refractivity contribution in [1.82, 2.24) is 24.3 Å². The summed E-state index contributed by atoms with van der Waals surface area (Å²) in [6, 6.07) is 10.4. The zero-order chi connectivity index (χ0) is 22.6. The largest absolute Gasteiger partial charge is 0.497 e. The molecule has 168 valence electrons. The number of hydrogen-bond acceptors (Lipinski definition) is 8. The van der Waals surface area contributed by atoms with E-state index in [1.807, 2.05) is 24.3 Å². The van der Waals surface area contributed by atoms with Crippen LogP contribution in [0.25, 0.3) is 11.4 Å². The van der Waals surface area contributed by atoms with Crippen molar-refractivity contribution in [1.29, 1.82) is 0 Å². The maximum atomic E-state index is 12.7. The number of carbonyl (C=O) groups excluding carboxylic acids is 1. The van der Waals surface area contributed by atoms with Crippen molar-refractivity contribution in [3.63, 3.8) is 0 Å². The van der Waals surface area contributed by atoms with E-state index in [2.05, 4.69) is 15.1 Å². The first-order valence-electron chi connectivity index (χ1n) is 10.1. The van der Waals surface area contributed by atoms with Crippen LogP contribution >= 0.6 is 0 Å². The Morgan fingerprint density at radius 3 is 2.53 bits per heavy atom. The molecule has 0 unspecified atom stereocenters. The van der Waals surface area contributed by atoms with Gasteiger partial charge in [-0.2, -0.15) is 9.29 Å². The van der Waals surface area contributed by atoms with Gasteiger partial charge < -0.3 is 14.2 Å². The maximum Gasteiger partial charge on any atom is 0.244 e. The van der Waals surface area contributed by atoms with Gasteiger partial charge in [0.05, 0.1) is 7.11 Å². The van der Waals surface area contributed by atoms with Crippen LogP contribution < -0.4 is 4.74 Å². The van der Waals surface area contributed by atoms with Crippen molar-refractivity contribution < 1.29 is 22.5 Å². The molecule has 11 heteroatoms.